The lowest BCUT2D eigenvalue weighted by Crippen LogP contribution is -2.21. The maximum atomic E-state index is 4.21. The van der Waals surface area contributed by atoms with Gasteiger partial charge in [0.05, 0.1) is 0 Å². The van der Waals surface area contributed by atoms with Gasteiger partial charge in [0.2, 0.25) is 0 Å². The monoisotopic (exact) mass is 285 g/mol. The second-order valence-electron chi connectivity index (χ2n) is 5.99. The van der Waals surface area contributed by atoms with Crippen LogP contribution in [0, 0.1) is 12.8 Å². The van der Waals surface area contributed by atoms with E-state index in [0.29, 0.717) is 0 Å². The standard InChI is InChI=1S/C20H31N/c1-6-10-19(11-7-2)15-21-18(5)14-17(4)20-13-9-8-12-16(20)3/h8-9,12-14,19,21H,4,6-7,10-11,15H2,1-3,5H3/b18-14+. The first-order chi connectivity index (χ1) is 10.1. The van der Waals surface area contributed by atoms with Crippen LogP contribution in [0.1, 0.15) is 57.6 Å². The van der Waals surface area contributed by atoms with Gasteiger partial charge in [-0.2, -0.15) is 0 Å². The van der Waals surface area contributed by atoms with Crippen molar-refractivity contribution in [3.8, 4) is 0 Å². The molecule has 116 valence electrons. The molecular weight excluding hydrogens is 254 g/mol. The van der Waals surface area contributed by atoms with Gasteiger partial charge in [0.15, 0.2) is 0 Å². The number of aryl methyl sites for hydroxylation is 1. The van der Waals surface area contributed by atoms with Crippen LogP contribution in [0.4, 0.5) is 0 Å². The van der Waals surface area contributed by atoms with Crippen LogP contribution in [-0.4, -0.2) is 6.54 Å². The molecule has 0 aliphatic carbocycles. The van der Waals surface area contributed by atoms with Crippen molar-refractivity contribution in [2.24, 2.45) is 5.92 Å². The summed E-state index contributed by atoms with van der Waals surface area (Å²) in [5, 5.41) is 3.57. The molecule has 1 N–H and O–H groups in total. The van der Waals surface area contributed by atoms with E-state index >= 15 is 0 Å². The lowest BCUT2D eigenvalue weighted by molar-refractivity contribution is 0.425. The first-order valence-corrected chi connectivity index (χ1v) is 8.25. The molecule has 0 unspecified atom stereocenters. The van der Waals surface area contributed by atoms with Crippen LogP contribution in [-0.2, 0) is 0 Å². The van der Waals surface area contributed by atoms with Gasteiger partial charge >= 0.3 is 0 Å². The smallest absolute Gasteiger partial charge is 0.0172 e. The van der Waals surface area contributed by atoms with Crippen LogP contribution < -0.4 is 5.32 Å². The fourth-order valence-electron chi connectivity index (χ4n) is 2.79. The summed E-state index contributed by atoms with van der Waals surface area (Å²) in [6, 6.07) is 8.41. The van der Waals surface area contributed by atoms with Crippen molar-refractivity contribution in [1.29, 1.82) is 0 Å². The van der Waals surface area contributed by atoms with Crippen molar-refractivity contribution in [2.45, 2.75) is 53.4 Å². The van der Waals surface area contributed by atoms with E-state index in [2.05, 4.69) is 69.9 Å². The van der Waals surface area contributed by atoms with Gasteiger partial charge < -0.3 is 5.32 Å². The Bertz CT molecular complexity index is 464. The van der Waals surface area contributed by atoms with Gasteiger partial charge in [-0.25, -0.2) is 0 Å². The van der Waals surface area contributed by atoms with E-state index in [4.69, 9.17) is 0 Å². The summed E-state index contributed by atoms with van der Waals surface area (Å²) in [6.07, 6.45) is 7.33. The lowest BCUT2D eigenvalue weighted by atomic mass is 9.98. The van der Waals surface area contributed by atoms with Crippen molar-refractivity contribution in [3.05, 3.63) is 53.7 Å². The van der Waals surface area contributed by atoms with Crippen LogP contribution in [0.25, 0.3) is 5.57 Å². The molecule has 0 heterocycles. The maximum Gasteiger partial charge on any atom is 0.0172 e. The zero-order valence-electron chi connectivity index (χ0n) is 14.2. The normalized spacial score (nSPS) is 11.8. The SMILES string of the molecule is C=C(/C=C(\C)NCC(CCC)CCC)c1ccccc1C. The van der Waals surface area contributed by atoms with E-state index in [1.54, 1.807) is 0 Å². The molecule has 1 aromatic rings. The number of hydrogen-bond acceptors (Lipinski definition) is 1. The highest BCUT2D eigenvalue weighted by molar-refractivity contribution is 5.74. The Balaban J connectivity index is 2.59. The van der Waals surface area contributed by atoms with Gasteiger partial charge in [-0.1, -0.05) is 57.5 Å². The maximum absolute atomic E-state index is 4.21. The first kappa shape index (κ1) is 17.6. The summed E-state index contributed by atoms with van der Waals surface area (Å²) in [7, 11) is 0. The molecule has 0 saturated carbocycles. The van der Waals surface area contributed by atoms with Gasteiger partial charge in [0.25, 0.3) is 0 Å². The molecule has 0 aromatic heterocycles. The summed E-state index contributed by atoms with van der Waals surface area (Å²) in [5.74, 6) is 0.787. The fraction of sp³-hybridized carbons (Fsp3) is 0.500. The Morgan fingerprint density at radius 1 is 1.19 bits per heavy atom. The summed E-state index contributed by atoms with van der Waals surface area (Å²) in [4.78, 5) is 0. The predicted octanol–water partition coefficient (Wildman–Crippen LogP) is 5.72. The lowest BCUT2D eigenvalue weighted by Gasteiger charge is -2.17. The van der Waals surface area contributed by atoms with E-state index in [-0.39, 0.29) is 0 Å². The van der Waals surface area contributed by atoms with Gasteiger partial charge in [-0.15, -0.1) is 0 Å². The average Bonchev–Trinajstić information content (AvgIpc) is 2.45. The van der Waals surface area contributed by atoms with Crippen LogP contribution in [0.15, 0.2) is 42.6 Å². The van der Waals surface area contributed by atoms with E-state index in [0.717, 1.165) is 18.0 Å². The molecule has 0 radical (unpaired) electrons. The summed E-state index contributed by atoms with van der Waals surface area (Å²) < 4.78 is 0. The summed E-state index contributed by atoms with van der Waals surface area (Å²) >= 11 is 0. The molecule has 1 nitrogen and oxygen atoms in total. The van der Waals surface area contributed by atoms with Crippen LogP contribution in [0.3, 0.4) is 0 Å². The molecular formula is C20H31N. The third-order valence-corrected chi connectivity index (χ3v) is 3.95. The highest BCUT2D eigenvalue weighted by Crippen LogP contribution is 2.19. The molecule has 0 spiro atoms. The highest BCUT2D eigenvalue weighted by atomic mass is 14.9. The molecule has 1 heteroatoms. The first-order valence-electron chi connectivity index (χ1n) is 8.25. The number of rotatable bonds is 9. The number of allylic oxidation sites excluding steroid dienone is 3. The Kier molecular flexibility index (Phi) is 7.89. The number of nitrogens with one attached hydrogen (secondary N) is 1. The zero-order chi connectivity index (χ0) is 15.7. The molecule has 0 saturated heterocycles. The highest BCUT2D eigenvalue weighted by Gasteiger charge is 2.06. The molecule has 0 amide bonds. The Labute approximate surface area is 131 Å². The molecule has 1 aromatic carbocycles. The minimum absolute atomic E-state index is 0.787. The Morgan fingerprint density at radius 2 is 1.81 bits per heavy atom. The van der Waals surface area contributed by atoms with Crippen LogP contribution in [0.2, 0.25) is 0 Å². The van der Waals surface area contributed by atoms with Crippen molar-refractivity contribution >= 4 is 5.57 Å². The Morgan fingerprint density at radius 3 is 2.38 bits per heavy atom. The minimum Gasteiger partial charge on any atom is -0.388 e. The van der Waals surface area contributed by atoms with Crippen LogP contribution >= 0.6 is 0 Å². The van der Waals surface area contributed by atoms with E-state index < -0.39 is 0 Å². The second kappa shape index (κ2) is 9.44. The van der Waals surface area contributed by atoms with Crippen LogP contribution in [0.5, 0.6) is 0 Å². The predicted molar refractivity (Wildman–Crippen MR) is 95.3 cm³/mol. The van der Waals surface area contributed by atoms with Crippen molar-refractivity contribution < 1.29 is 0 Å². The Hall–Kier alpha value is -1.50. The van der Waals surface area contributed by atoms with Crippen molar-refractivity contribution in [3.63, 3.8) is 0 Å². The van der Waals surface area contributed by atoms with E-state index in [9.17, 15) is 0 Å². The molecule has 0 aliphatic heterocycles. The average molecular weight is 285 g/mol. The van der Waals surface area contributed by atoms with Crippen molar-refractivity contribution in [2.75, 3.05) is 6.54 Å². The third-order valence-electron chi connectivity index (χ3n) is 3.95. The largest absolute Gasteiger partial charge is 0.388 e. The molecule has 21 heavy (non-hydrogen) atoms. The molecule has 0 atom stereocenters. The third kappa shape index (κ3) is 6.20. The molecule has 0 bridgehead atoms. The molecule has 1 rings (SSSR count). The zero-order valence-corrected chi connectivity index (χ0v) is 14.2. The topological polar surface area (TPSA) is 12.0 Å². The van der Waals surface area contributed by atoms with Gasteiger partial charge in [0.1, 0.15) is 0 Å². The molecule has 0 aliphatic rings. The van der Waals surface area contributed by atoms with Crippen molar-refractivity contribution in [1.82, 2.24) is 5.32 Å². The van der Waals surface area contributed by atoms with Gasteiger partial charge in [-0.05, 0) is 55.4 Å². The fourth-order valence-corrected chi connectivity index (χ4v) is 2.79. The van der Waals surface area contributed by atoms with Gasteiger partial charge in [0, 0.05) is 12.2 Å². The second-order valence-corrected chi connectivity index (χ2v) is 5.99. The molecule has 0 fully saturated rings. The van der Waals surface area contributed by atoms with Gasteiger partial charge in [-0.3, -0.25) is 0 Å². The number of benzene rings is 1. The minimum atomic E-state index is 0.787. The van der Waals surface area contributed by atoms with E-state index in [1.165, 1.54) is 42.5 Å². The number of hydrogen-bond donors (Lipinski definition) is 1. The quantitative estimate of drug-likeness (QED) is 0.572. The van der Waals surface area contributed by atoms with E-state index in [1.807, 2.05) is 0 Å². The summed E-state index contributed by atoms with van der Waals surface area (Å²) in [5.41, 5.74) is 4.81. The summed E-state index contributed by atoms with van der Waals surface area (Å²) in [6.45, 7) is 14.1.